The molecule has 0 heterocycles. The van der Waals surface area contributed by atoms with E-state index < -0.39 is 6.04 Å². The first kappa shape index (κ1) is 21.5. The summed E-state index contributed by atoms with van der Waals surface area (Å²) in [7, 11) is 1.56. The third-order valence-corrected chi connectivity index (χ3v) is 4.84. The summed E-state index contributed by atoms with van der Waals surface area (Å²) in [6.07, 6.45) is 3.58. The minimum absolute atomic E-state index is 0.0988. The van der Waals surface area contributed by atoms with Crippen molar-refractivity contribution in [3.63, 3.8) is 0 Å². The van der Waals surface area contributed by atoms with Crippen LogP contribution in [0.3, 0.4) is 0 Å². The predicted molar refractivity (Wildman–Crippen MR) is 113 cm³/mol. The molecule has 2 rings (SSSR count). The highest BCUT2D eigenvalue weighted by Gasteiger charge is 2.24. The number of nitrogens with one attached hydrogen (secondary N) is 2. The number of nitrogens with zero attached hydrogens (tertiary/aromatic N) is 1. The van der Waals surface area contributed by atoms with Crippen LogP contribution in [0, 0.1) is 5.92 Å². The smallest absolute Gasteiger partial charge is 0.262 e. The molecule has 0 fully saturated rings. The number of ether oxygens (including phenoxy) is 1. The van der Waals surface area contributed by atoms with Crippen LogP contribution >= 0.6 is 11.8 Å². The fourth-order valence-corrected chi connectivity index (χ4v) is 2.84. The van der Waals surface area contributed by atoms with E-state index >= 15 is 0 Å². The fourth-order valence-electron chi connectivity index (χ4n) is 2.43. The van der Waals surface area contributed by atoms with Crippen molar-refractivity contribution in [1.82, 2.24) is 10.7 Å². The van der Waals surface area contributed by atoms with Crippen LogP contribution in [-0.2, 0) is 4.79 Å². The highest BCUT2D eigenvalue weighted by atomic mass is 32.2. The minimum atomic E-state index is -0.703. The van der Waals surface area contributed by atoms with Crippen molar-refractivity contribution in [2.45, 2.75) is 24.8 Å². The maximum Gasteiger partial charge on any atom is 0.262 e. The van der Waals surface area contributed by atoms with Gasteiger partial charge in [-0.05, 0) is 54.1 Å². The third kappa shape index (κ3) is 6.13. The van der Waals surface area contributed by atoms with Gasteiger partial charge in [0.1, 0.15) is 11.8 Å². The van der Waals surface area contributed by atoms with Crippen molar-refractivity contribution in [3.8, 4) is 5.75 Å². The molecular formula is C21H25N3O3S. The van der Waals surface area contributed by atoms with Crippen LogP contribution in [0.25, 0.3) is 0 Å². The highest BCUT2D eigenvalue weighted by Crippen LogP contribution is 2.14. The lowest BCUT2D eigenvalue weighted by atomic mass is 10.0. The van der Waals surface area contributed by atoms with Gasteiger partial charge >= 0.3 is 0 Å². The molecule has 2 N–H and O–H groups in total. The Morgan fingerprint density at radius 2 is 1.71 bits per heavy atom. The molecule has 0 radical (unpaired) electrons. The van der Waals surface area contributed by atoms with E-state index in [0.29, 0.717) is 11.3 Å². The lowest BCUT2D eigenvalue weighted by Crippen LogP contribution is -2.48. The summed E-state index contributed by atoms with van der Waals surface area (Å²) in [6.45, 7) is 3.73. The van der Waals surface area contributed by atoms with E-state index in [1.165, 1.54) is 0 Å². The molecule has 6 nitrogen and oxygen atoms in total. The van der Waals surface area contributed by atoms with E-state index in [2.05, 4.69) is 15.8 Å². The first-order chi connectivity index (χ1) is 13.4. The summed E-state index contributed by atoms with van der Waals surface area (Å²) in [5, 5.41) is 6.77. The zero-order valence-electron chi connectivity index (χ0n) is 16.4. The van der Waals surface area contributed by atoms with Crippen LogP contribution in [-0.4, -0.2) is 37.4 Å². The number of amides is 2. The van der Waals surface area contributed by atoms with Crippen LogP contribution in [0.5, 0.6) is 5.75 Å². The van der Waals surface area contributed by atoms with Crippen molar-refractivity contribution < 1.29 is 14.3 Å². The zero-order valence-corrected chi connectivity index (χ0v) is 17.2. The Balaban J connectivity index is 1.98. The van der Waals surface area contributed by atoms with Gasteiger partial charge in [-0.15, -0.1) is 11.8 Å². The molecular weight excluding hydrogens is 374 g/mol. The molecule has 1 unspecified atom stereocenters. The van der Waals surface area contributed by atoms with Crippen molar-refractivity contribution in [3.05, 3.63) is 59.7 Å². The van der Waals surface area contributed by atoms with Crippen LogP contribution in [0.15, 0.2) is 58.5 Å². The number of carbonyl (C=O) groups excluding carboxylic acids is 2. The maximum absolute atomic E-state index is 12.5. The van der Waals surface area contributed by atoms with Crippen molar-refractivity contribution in [2.75, 3.05) is 13.4 Å². The standard InChI is InChI=1S/C21H25N3O3S/c1-14(2)19(23-20(25)16-7-9-17(27-3)10-8-16)21(26)24-22-13-15-5-11-18(28-4)12-6-15/h5-14,19H,1-4H3,(H,23,25)(H,24,26). The number of methoxy groups -OCH3 is 1. The molecule has 2 aromatic carbocycles. The number of rotatable bonds is 8. The Bertz CT molecular complexity index is 818. The summed E-state index contributed by atoms with van der Waals surface area (Å²) in [5.41, 5.74) is 3.84. The largest absolute Gasteiger partial charge is 0.497 e. The van der Waals surface area contributed by atoms with Gasteiger partial charge in [0.2, 0.25) is 0 Å². The Morgan fingerprint density at radius 1 is 1.07 bits per heavy atom. The Morgan fingerprint density at radius 3 is 2.25 bits per heavy atom. The van der Waals surface area contributed by atoms with E-state index in [0.717, 1.165) is 10.5 Å². The Labute approximate surface area is 169 Å². The van der Waals surface area contributed by atoms with E-state index in [4.69, 9.17) is 4.74 Å². The molecule has 7 heteroatoms. The normalized spacial score (nSPS) is 12.0. The number of hydrogen-bond donors (Lipinski definition) is 2. The van der Waals surface area contributed by atoms with Gasteiger partial charge in [-0.1, -0.05) is 26.0 Å². The molecule has 0 spiro atoms. The number of hydrazone groups is 1. The summed E-state index contributed by atoms with van der Waals surface area (Å²) in [4.78, 5) is 26.1. The predicted octanol–water partition coefficient (Wildman–Crippen LogP) is 3.32. The van der Waals surface area contributed by atoms with Gasteiger partial charge in [0.15, 0.2) is 0 Å². The highest BCUT2D eigenvalue weighted by molar-refractivity contribution is 7.98. The maximum atomic E-state index is 12.5. The average Bonchev–Trinajstić information content (AvgIpc) is 2.72. The summed E-state index contributed by atoms with van der Waals surface area (Å²) in [5.74, 6) is -0.130. The van der Waals surface area contributed by atoms with E-state index in [1.807, 2.05) is 44.4 Å². The quantitative estimate of drug-likeness (QED) is 0.405. The molecule has 0 bridgehead atoms. The molecule has 2 amide bonds. The Kier molecular flexibility index (Phi) is 8.07. The van der Waals surface area contributed by atoms with Gasteiger partial charge in [0.05, 0.1) is 13.3 Å². The second-order valence-electron chi connectivity index (χ2n) is 6.43. The van der Waals surface area contributed by atoms with E-state index in [1.54, 1.807) is 49.4 Å². The number of benzene rings is 2. The second-order valence-corrected chi connectivity index (χ2v) is 7.31. The Hall–Kier alpha value is -2.80. The molecule has 0 aliphatic carbocycles. The number of thioether (sulfide) groups is 1. The molecule has 0 saturated heterocycles. The lowest BCUT2D eigenvalue weighted by Gasteiger charge is -2.20. The van der Waals surface area contributed by atoms with Gasteiger partial charge < -0.3 is 10.1 Å². The average molecular weight is 400 g/mol. The first-order valence-corrected chi connectivity index (χ1v) is 10.1. The van der Waals surface area contributed by atoms with Crippen LogP contribution in [0.4, 0.5) is 0 Å². The number of hydrogen-bond acceptors (Lipinski definition) is 5. The first-order valence-electron chi connectivity index (χ1n) is 8.86. The third-order valence-electron chi connectivity index (χ3n) is 4.09. The minimum Gasteiger partial charge on any atom is -0.497 e. The number of carbonyl (C=O) groups is 2. The van der Waals surface area contributed by atoms with Gasteiger partial charge in [-0.25, -0.2) is 5.43 Å². The molecule has 0 aliphatic rings. The fraction of sp³-hybridized carbons (Fsp3) is 0.286. The van der Waals surface area contributed by atoms with Gasteiger partial charge in [0.25, 0.3) is 11.8 Å². The molecule has 1 atom stereocenters. The SMILES string of the molecule is COc1ccc(C(=O)NC(C(=O)NN=Cc2ccc(SC)cc2)C(C)C)cc1. The summed E-state index contributed by atoms with van der Waals surface area (Å²) >= 11 is 1.66. The molecule has 0 saturated carbocycles. The van der Waals surface area contributed by atoms with E-state index in [9.17, 15) is 9.59 Å². The van der Waals surface area contributed by atoms with Crippen LogP contribution in [0.1, 0.15) is 29.8 Å². The molecule has 0 aliphatic heterocycles. The molecule has 28 heavy (non-hydrogen) atoms. The van der Waals surface area contributed by atoms with Crippen LogP contribution < -0.4 is 15.5 Å². The lowest BCUT2D eigenvalue weighted by molar-refractivity contribution is -0.123. The molecule has 2 aromatic rings. The van der Waals surface area contributed by atoms with Crippen molar-refractivity contribution in [2.24, 2.45) is 11.0 Å². The van der Waals surface area contributed by atoms with Crippen LogP contribution in [0.2, 0.25) is 0 Å². The topological polar surface area (TPSA) is 79.8 Å². The van der Waals surface area contributed by atoms with Gasteiger partial charge in [0, 0.05) is 10.5 Å². The van der Waals surface area contributed by atoms with E-state index in [-0.39, 0.29) is 17.7 Å². The monoisotopic (exact) mass is 399 g/mol. The summed E-state index contributed by atoms with van der Waals surface area (Å²) in [6, 6.07) is 13.8. The summed E-state index contributed by atoms with van der Waals surface area (Å²) < 4.78 is 5.09. The second kappa shape index (κ2) is 10.5. The zero-order chi connectivity index (χ0) is 20.5. The van der Waals surface area contributed by atoms with Crippen molar-refractivity contribution >= 4 is 29.8 Å². The van der Waals surface area contributed by atoms with Gasteiger partial charge in [-0.2, -0.15) is 5.10 Å². The molecule has 148 valence electrons. The van der Waals surface area contributed by atoms with Gasteiger partial charge in [-0.3, -0.25) is 9.59 Å². The molecule has 0 aromatic heterocycles. The van der Waals surface area contributed by atoms with Crippen molar-refractivity contribution in [1.29, 1.82) is 0 Å².